The Morgan fingerprint density at radius 1 is 0.966 bits per heavy atom. The molecule has 5 nitrogen and oxygen atoms in total. The van der Waals surface area contributed by atoms with Crippen molar-refractivity contribution >= 4 is 17.5 Å². The fraction of sp³-hybridized carbons (Fsp3) is 0.130. The lowest BCUT2D eigenvalue weighted by Crippen LogP contribution is -2.07. The Bertz CT molecular complexity index is 1090. The normalized spacial score (nSPS) is 10.8. The Morgan fingerprint density at radius 3 is 2.48 bits per heavy atom. The molecule has 2 aromatic carbocycles. The van der Waals surface area contributed by atoms with Gasteiger partial charge in [0, 0.05) is 23.5 Å². The molecule has 0 unspecified atom stereocenters. The van der Waals surface area contributed by atoms with Gasteiger partial charge in [-0.1, -0.05) is 71.9 Å². The minimum Gasteiger partial charge on any atom is -0.297 e. The quantitative estimate of drug-likeness (QED) is 0.333. The van der Waals surface area contributed by atoms with Crippen LogP contribution in [0.2, 0.25) is 0 Å². The molecule has 0 saturated carbocycles. The third kappa shape index (κ3) is 4.60. The number of carbonyl (C=O) groups is 1. The lowest BCUT2D eigenvalue weighted by Gasteiger charge is -2.10. The number of aryl methyl sites for hydroxylation is 1. The molecule has 0 saturated heterocycles. The van der Waals surface area contributed by atoms with Crippen molar-refractivity contribution < 1.29 is 4.79 Å². The monoisotopic (exact) mass is 400 g/mol. The maximum atomic E-state index is 12.6. The van der Waals surface area contributed by atoms with Crippen LogP contribution in [0.1, 0.15) is 21.5 Å². The van der Waals surface area contributed by atoms with Gasteiger partial charge in [-0.05, 0) is 24.6 Å². The van der Waals surface area contributed by atoms with E-state index in [0.717, 1.165) is 22.5 Å². The number of hydrogen-bond acceptors (Lipinski definition) is 5. The van der Waals surface area contributed by atoms with Crippen LogP contribution in [0, 0.1) is 6.92 Å². The second-order valence-electron chi connectivity index (χ2n) is 6.70. The zero-order chi connectivity index (χ0) is 20.1. The highest BCUT2D eigenvalue weighted by Crippen LogP contribution is 2.25. The first-order valence-corrected chi connectivity index (χ1v) is 10.3. The highest BCUT2D eigenvalue weighted by Gasteiger charge is 2.17. The standard InChI is InChI=1S/C23H20N4OS/c1-17-9-11-19(12-10-17)21(28)16-29-23-26-25-22(20-8-5-13-24-14-20)27(23)15-18-6-3-2-4-7-18/h2-14H,15-16H2,1H3. The van der Waals surface area contributed by atoms with Crippen molar-refractivity contribution in [1.29, 1.82) is 0 Å². The van der Waals surface area contributed by atoms with E-state index in [9.17, 15) is 4.79 Å². The maximum absolute atomic E-state index is 12.6. The molecule has 0 N–H and O–H groups in total. The Balaban J connectivity index is 1.59. The van der Waals surface area contributed by atoms with E-state index in [0.29, 0.717) is 23.0 Å². The number of Topliss-reactive ketones (excluding diaryl/α,β-unsaturated/α-hetero) is 1. The van der Waals surface area contributed by atoms with Crippen LogP contribution in [0.5, 0.6) is 0 Å². The van der Waals surface area contributed by atoms with Crippen molar-refractivity contribution in [2.45, 2.75) is 18.6 Å². The Labute approximate surface area is 173 Å². The lowest BCUT2D eigenvalue weighted by molar-refractivity contribution is 0.102. The zero-order valence-corrected chi connectivity index (χ0v) is 16.8. The number of hydrogen-bond donors (Lipinski definition) is 0. The number of benzene rings is 2. The molecule has 0 fully saturated rings. The number of pyridine rings is 1. The first kappa shape index (κ1) is 19.1. The van der Waals surface area contributed by atoms with Crippen LogP contribution >= 0.6 is 11.8 Å². The molecule has 0 spiro atoms. The number of carbonyl (C=O) groups excluding carboxylic acids is 1. The average Bonchev–Trinajstić information content (AvgIpc) is 3.16. The van der Waals surface area contributed by atoms with Crippen molar-refractivity contribution in [1.82, 2.24) is 19.7 Å². The smallest absolute Gasteiger partial charge is 0.192 e. The molecule has 0 radical (unpaired) electrons. The van der Waals surface area contributed by atoms with Crippen molar-refractivity contribution in [2.24, 2.45) is 0 Å². The summed E-state index contributed by atoms with van der Waals surface area (Å²) in [5.74, 6) is 1.13. The summed E-state index contributed by atoms with van der Waals surface area (Å²) in [5, 5.41) is 9.47. The topological polar surface area (TPSA) is 60.7 Å². The largest absolute Gasteiger partial charge is 0.297 e. The molecule has 144 valence electrons. The summed E-state index contributed by atoms with van der Waals surface area (Å²) in [4.78, 5) is 16.8. The van der Waals surface area contributed by atoms with Gasteiger partial charge < -0.3 is 0 Å². The van der Waals surface area contributed by atoms with E-state index >= 15 is 0 Å². The molecule has 2 heterocycles. The van der Waals surface area contributed by atoms with Gasteiger partial charge in [0.15, 0.2) is 16.8 Å². The van der Waals surface area contributed by atoms with Crippen LogP contribution in [-0.2, 0) is 6.54 Å². The summed E-state index contributed by atoms with van der Waals surface area (Å²) in [6.45, 7) is 2.63. The van der Waals surface area contributed by atoms with E-state index in [1.165, 1.54) is 11.8 Å². The first-order chi connectivity index (χ1) is 14.2. The van der Waals surface area contributed by atoms with Gasteiger partial charge in [0.1, 0.15) is 0 Å². The Morgan fingerprint density at radius 2 is 1.76 bits per heavy atom. The molecule has 0 bridgehead atoms. The number of rotatable bonds is 7. The van der Waals surface area contributed by atoms with Crippen molar-refractivity contribution in [2.75, 3.05) is 5.75 Å². The molecule has 2 aromatic heterocycles. The summed E-state index contributed by atoms with van der Waals surface area (Å²) in [7, 11) is 0. The predicted molar refractivity (Wildman–Crippen MR) is 115 cm³/mol. The molecule has 6 heteroatoms. The summed E-state index contributed by atoms with van der Waals surface area (Å²) in [5.41, 5.74) is 3.89. The van der Waals surface area contributed by atoms with Crippen LogP contribution in [0.15, 0.2) is 84.3 Å². The van der Waals surface area contributed by atoms with Crippen LogP contribution in [0.4, 0.5) is 0 Å². The van der Waals surface area contributed by atoms with Gasteiger partial charge in [-0.2, -0.15) is 0 Å². The van der Waals surface area contributed by atoms with Crippen molar-refractivity contribution in [3.05, 3.63) is 95.8 Å². The molecule has 0 atom stereocenters. The van der Waals surface area contributed by atoms with E-state index < -0.39 is 0 Å². The molecule has 4 aromatic rings. The van der Waals surface area contributed by atoms with Gasteiger partial charge in [-0.3, -0.25) is 14.3 Å². The zero-order valence-electron chi connectivity index (χ0n) is 16.0. The minimum atomic E-state index is 0.0761. The second kappa shape index (κ2) is 8.84. The van der Waals surface area contributed by atoms with Crippen LogP contribution in [0.25, 0.3) is 11.4 Å². The summed E-state index contributed by atoms with van der Waals surface area (Å²) < 4.78 is 2.04. The molecular formula is C23H20N4OS. The molecule has 0 aliphatic carbocycles. The van der Waals surface area contributed by atoms with E-state index in [2.05, 4.69) is 27.3 Å². The molecule has 29 heavy (non-hydrogen) atoms. The van der Waals surface area contributed by atoms with Crippen molar-refractivity contribution in [3.8, 4) is 11.4 Å². The first-order valence-electron chi connectivity index (χ1n) is 9.31. The maximum Gasteiger partial charge on any atom is 0.192 e. The molecule has 0 aliphatic heterocycles. The average molecular weight is 401 g/mol. The van der Waals surface area contributed by atoms with Gasteiger partial charge >= 0.3 is 0 Å². The summed E-state index contributed by atoms with van der Waals surface area (Å²) in [6.07, 6.45) is 3.51. The van der Waals surface area contributed by atoms with Crippen molar-refractivity contribution in [3.63, 3.8) is 0 Å². The fourth-order valence-electron chi connectivity index (χ4n) is 2.97. The second-order valence-corrected chi connectivity index (χ2v) is 7.64. The Kier molecular flexibility index (Phi) is 5.81. The van der Waals surface area contributed by atoms with Gasteiger partial charge in [0.05, 0.1) is 12.3 Å². The van der Waals surface area contributed by atoms with E-state index in [4.69, 9.17) is 0 Å². The molecule has 4 rings (SSSR count). The number of thioether (sulfide) groups is 1. The fourth-order valence-corrected chi connectivity index (χ4v) is 3.80. The molecular weight excluding hydrogens is 380 g/mol. The van der Waals surface area contributed by atoms with E-state index in [1.807, 2.05) is 66.1 Å². The van der Waals surface area contributed by atoms with Gasteiger partial charge in [0.25, 0.3) is 0 Å². The van der Waals surface area contributed by atoms with Crippen LogP contribution in [-0.4, -0.2) is 31.3 Å². The summed E-state index contributed by atoms with van der Waals surface area (Å²) >= 11 is 1.41. The van der Waals surface area contributed by atoms with Gasteiger partial charge in [-0.25, -0.2) is 0 Å². The van der Waals surface area contributed by atoms with Crippen LogP contribution < -0.4 is 0 Å². The van der Waals surface area contributed by atoms with Gasteiger partial charge in [0.2, 0.25) is 0 Å². The third-order valence-electron chi connectivity index (χ3n) is 4.53. The highest BCUT2D eigenvalue weighted by molar-refractivity contribution is 7.99. The molecule has 0 amide bonds. The number of nitrogens with zero attached hydrogens (tertiary/aromatic N) is 4. The predicted octanol–water partition coefficient (Wildman–Crippen LogP) is 4.67. The highest BCUT2D eigenvalue weighted by atomic mass is 32.2. The van der Waals surface area contributed by atoms with E-state index in [1.54, 1.807) is 12.4 Å². The number of ketones is 1. The lowest BCUT2D eigenvalue weighted by atomic mass is 10.1. The van der Waals surface area contributed by atoms with Gasteiger partial charge in [-0.15, -0.1) is 10.2 Å². The SMILES string of the molecule is Cc1ccc(C(=O)CSc2nnc(-c3cccnc3)n2Cc2ccccc2)cc1. The number of aromatic nitrogens is 4. The summed E-state index contributed by atoms with van der Waals surface area (Å²) in [6, 6.07) is 21.6. The van der Waals surface area contributed by atoms with Crippen LogP contribution in [0.3, 0.4) is 0 Å². The van der Waals surface area contributed by atoms with E-state index in [-0.39, 0.29) is 5.78 Å². The Hall–Kier alpha value is -3.25. The minimum absolute atomic E-state index is 0.0761. The third-order valence-corrected chi connectivity index (χ3v) is 5.49. The molecule has 0 aliphatic rings.